The fourth-order valence-electron chi connectivity index (χ4n) is 1.52. The van der Waals surface area contributed by atoms with E-state index >= 15 is 0 Å². The van der Waals surface area contributed by atoms with Crippen LogP contribution in [0.1, 0.15) is 65.2 Å². The van der Waals surface area contributed by atoms with Crippen molar-refractivity contribution in [3.8, 4) is 0 Å². The van der Waals surface area contributed by atoms with E-state index in [9.17, 15) is 5.11 Å². The Morgan fingerprint density at radius 3 is 2.27 bits per heavy atom. The Balaban J connectivity index is 3.61. The molecule has 1 atom stereocenters. The molecule has 0 aliphatic heterocycles. The minimum atomic E-state index is -0.233. The van der Waals surface area contributed by atoms with Crippen molar-refractivity contribution in [3.63, 3.8) is 0 Å². The van der Waals surface area contributed by atoms with Gasteiger partial charge in [-0.05, 0) is 32.1 Å². The second-order valence-corrected chi connectivity index (χ2v) is 4.10. The number of unbranched alkanes of at least 4 members (excludes halogenated alkanes) is 2. The van der Waals surface area contributed by atoms with Crippen molar-refractivity contribution in [2.75, 3.05) is 0 Å². The van der Waals surface area contributed by atoms with Crippen LogP contribution in [-0.2, 0) is 0 Å². The highest BCUT2D eigenvalue weighted by Gasteiger charge is 2.06. The van der Waals surface area contributed by atoms with Gasteiger partial charge in [-0.3, -0.25) is 0 Å². The lowest BCUT2D eigenvalue weighted by atomic mass is 10.0. The van der Waals surface area contributed by atoms with E-state index in [1.807, 2.05) is 0 Å². The molecule has 0 fully saturated rings. The second-order valence-electron chi connectivity index (χ2n) is 4.10. The number of rotatable bonds is 9. The Morgan fingerprint density at radius 2 is 1.73 bits per heavy atom. The van der Waals surface area contributed by atoms with E-state index in [2.05, 4.69) is 19.0 Å². The molecule has 0 aliphatic rings. The summed E-state index contributed by atoms with van der Waals surface area (Å²) in [4.78, 5) is 0. The Labute approximate surface area is 93.2 Å². The van der Waals surface area contributed by atoms with Gasteiger partial charge in [0.05, 0.1) is 11.8 Å². The molecule has 0 aromatic heterocycles. The number of aliphatic hydroxyl groups is 1. The highest BCUT2D eigenvalue weighted by molar-refractivity contribution is 5.83. The Kier molecular flexibility index (Phi) is 9.59. The maximum Gasteiger partial charge on any atom is 0.0571 e. The first-order valence-corrected chi connectivity index (χ1v) is 6.12. The third kappa shape index (κ3) is 8.43. The van der Waals surface area contributed by atoms with Crippen molar-refractivity contribution in [1.29, 1.82) is 0 Å². The average molecular weight is 215 g/mol. The summed E-state index contributed by atoms with van der Waals surface area (Å²) in [6.45, 7) is 4.24. The van der Waals surface area contributed by atoms with Gasteiger partial charge in [-0.25, -0.2) is 0 Å². The first-order chi connectivity index (χ1) is 7.24. The largest absolute Gasteiger partial charge is 0.411 e. The monoisotopic (exact) mass is 215 g/mol. The SMILES string of the molecule is CCCCC(CCC(O)CCCC)=NO. The quantitative estimate of drug-likeness (QED) is 0.352. The number of aliphatic hydroxyl groups excluding tert-OH is 1. The van der Waals surface area contributed by atoms with Crippen LogP contribution in [-0.4, -0.2) is 22.1 Å². The van der Waals surface area contributed by atoms with Gasteiger partial charge in [-0.15, -0.1) is 0 Å². The molecular weight excluding hydrogens is 190 g/mol. The van der Waals surface area contributed by atoms with E-state index in [0.29, 0.717) is 0 Å². The molecule has 0 amide bonds. The van der Waals surface area contributed by atoms with Gasteiger partial charge in [0, 0.05) is 0 Å². The summed E-state index contributed by atoms with van der Waals surface area (Å²) in [7, 11) is 0. The van der Waals surface area contributed by atoms with Crippen LogP contribution in [0.4, 0.5) is 0 Å². The zero-order valence-corrected chi connectivity index (χ0v) is 10.1. The fourth-order valence-corrected chi connectivity index (χ4v) is 1.52. The molecule has 3 nitrogen and oxygen atoms in total. The molecule has 0 saturated heterocycles. The van der Waals surface area contributed by atoms with Crippen molar-refractivity contribution in [1.82, 2.24) is 0 Å². The lowest BCUT2D eigenvalue weighted by Gasteiger charge is -2.10. The van der Waals surface area contributed by atoms with Crippen LogP contribution in [0.15, 0.2) is 5.16 Å². The molecule has 0 aromatic carbocycles. The first kappa shape index (κ1) is 14.4. The molecule has 1 unspecified atom stereocenters. The summed E-state index contributed by atoms with van der Waals surface area (Å²) >= 11 is 0. The van der Waals surface area contributed by atoms with E-state index < -0.39 is 0 Å². The molecule has 0 rings (SSSR count). The van der Waals surface area contributed by atoms with Crippen LogP contribution in [0.25, 0.3) is 0 Å². The molecule has 0 spiro atoms. The molecule has 0 saturated carbocycles. The maximum atomic E-state index is 9.61. The number of oxime groups is 1. The number of hydrogen-bond donors (Lipinski definition) is 2. The van der Waals surface area contributed by atoms with Gasteiger partial charge in [-0.2, -0.15) is 0 Å². The first-order valence-electron chi connectivity index (χ1n) is 6.12. The van der Waals surface area contributed by atoms with E-state index in [-0.39, 0.29) is 6.10 Å². The second kappa shape index (κ2) is 9.97. The van der Waals surface area contributed by atoms with Crippen molar-refractivity contribution in [2.24, 2.45) is 5.16 Å². The molecule has 0 heterocycles. The van der Waals surface area contributed by atoms with Crippen molar-refractivity contribution in [3.05, 3.63) is 0 Å². The van der Waals surface area contributed by atoms with Crippen LogP contribution >= 0.6 is 0 Å². The molecule has 15 heavy (non-hydrogen) atoms. The molecule has 90 valence electrons. The van der Waals surface area contributed by atoms with E-state index in [4.69, 9.17) is 5.21 Å². The van der Waals surface area contributed by atoms with Crippen molar-refractivity contribution in [2.45, 2.75) is 71.3 Å². The smallest absolute Gasteiger partial charge is 0.0571 e. The van der Waals surface area contributed by atoms with Gasteiger partial charge in [0.25, 0.3) is 0 Å². The molecule has 3 heteroatoms. The van der Waals surface area contributed by atoms with Gasteiger partial charge >= 0.3 is 0 Å². The van der Waals surface area contributed by atoms with Gasteiger partial charge in [0.15, 0.2) is 0 Å². The van der Waals surface area contributed by atoms with Crippen molar-refractivity contribution < 1.29 is 10.3 Å². The van der Waals surface area contributed by atoms with Gasteiger partial charge < -0.3 is 10.3 Å². The summed E-state index contributed by atoms with van der Waals surface area (Å²) in [6.07, 6.45) is 7.29. The normalized spacial score (nSPS) is 14.2. The summed E-state index contributed by atoms with van der Waals surface area (Å²) in [5.41, 5.74) is 0.826. The molecular formula is C12H25NO2. The molecule has 2 N–H and O–H groups in total. The van der Waals surface area contributed by atoms with E-state index in [1.54, 1.807) is 0 Å². The number of hydrogen-bond acceptors (Lipinski definition) is 3. The summed E-state index contributed by atoms with van der Waals surface area (Å²) in [6, 6.07) is 0. The summed E-state index contributed by atoms with van der Waals surface area (Å²) in [5, 5.41) is 21.6. The molecule has 0 aromatic rings. The predicted octanol–water partition coefficient (Wildman–Crippen LogP) is 3.34. The molecule has 0 bridgehead atoms. The summed E-state index contributed by atoms with van der Waals surface area (Å²) in [5.74, 6) is 0. The number of nitrogens with zero attached hydrogens (tertiary/aromatic N) is 1. The minimum absolute atomic E-state index is 0.233. The highest BCUT2D eigenvalue weighted by Crippen LogP contribution is 2.10. The predicted molar refractivity (Wildman–Crippen MR) is 63.5 cm³/mol. The van der Waals surface area contributed by atoms with E-state index in [0.717, 1.165) is 57.1 Å². The molecule has 0 aliphatic carbocycles. The maximum absolute atomic E-state index is 9.61. The minimum Gasteiger partial charge on any atom is -0.411 e. The van der Waals surface area contributed by atoms with Gasteiger partial charge in [-0.1, -0.05) is 38.3 Å². The third-order valence-electron chi connectivity index (χ3n) is 2.62. The third-order valence-corrected chi connectivity index (χ3v) is 2.62. The Bertz CT molecular complexity index is 169. The average Bonchev–Trinajstić information content (AvgIpc) is 2.26. The zero-order chi connectivity index (χ0) is 11.5. The topological polar surface area (TPSA) is 52.8 Å². The van der Waals surface area contributed by atoms with E-state index in [1.165, 1.54) is 0 Å². The standard InChI is InChI=1S/C12H25NO2/c1-3-5-7-11(13-15)9-10-12(14)8-6-4-2/h12,14-15H,3-10H2,1-2H3. The van der Waals surface area contributed by atoms with Crippen LogP contribution in [0, 0.1) is 0 Å². The Morgan fingerprint density at radius 1 is 1.07 bits per heavy atom. The molecule has 0 radical (unpaired) electrons. The highest BCUT2D eigenvalue weighted by atomic mass is 16.4. The van der Waals surface area contributed by atoms with Gasteiger partial charge in [0.2, 0.25) is 0 Å². The lowest BCUT2D eigenvalue weighted by Crippen LogP contribution is -2.09. The fraction of sp³-hybridized carbons (Fsp3) is 0.917. The van der Waals surface area contributed by atoms with Crippen LogP contribution in [0.3, 0.4) is 0 Å². The van der Waals surface area contributed by atoms with Crippen LogP contribution in [0.5, 0.6) is 0 Å². The summed E-state index contributed by atoms with van der Waals surface area (Å²) < 4.78 is 0. The van der Waals surface area contributed by atoms with Crippen molar-refractivity contribution >= 4 is 5.71 Å². The van der Waals surface area contributed by atoms with Gasteiger partial charge in [0.1, 0.15) is 0 Å². The lowest BCUT2D eigenvalue weighted by molar-refractivity contribution is 0.153. The Hall–Kier alpha value is -0.570. The zero-order valence-electron chi connectivity index (χ0n) is 10.1. The van der Waals surface area contributed by atoms with Crippen LogP contribution in [0.2, 0.25) is 0 Å². The van der Waals surface area contributed by atoms with Crippen LogP contribution < -0.4 is 0 Å².